The van der Waals surface area contributed by atoms with E-state index in [1.54, 1.807) is 6.07 Å². The van der Waals surface area contributed by atoms with Crippen molar-refractivity contribution in [3.63, 3.8) is 0 Å². The number of hydrogen-bond donors (Lipinski definition) is 3. The second-order valence-corrected chi connectivity index (χ2v) is 3.59. The molecule has 0 radical (unpaired) electrons. The first-order valence-corrected chi connectivity index (χ1v) is 5.64. The van der Waals surface area contributed by atoms with E-state index in [-0.39, 0.29) is 6.61 Å². The molecule has 0 aliphatic carbocycles. The second-order valence-electron chi connectivity index (χ2n) is 3.59. The molecule has 0 saturated heterocycles. The first-order chi connectivity index (χ1) is 8.63. The smallest absolute Gasteiger partial charge is 0.318 e. The Kier molecular flexibility index (Phi) is 5.66. The van der Waals surface area contributed by atoms with Crippen LogP contribution in [-0.4, -0.2) is 25.1 Å². The van der Waals surface area contributed by atoms with Gasteiger partial charge in [0.2, 0.25) is 0 Å². The minimum Gasteiger partial charge on any atom is -0.483 e. The average molecular weight is 251 g/mol. The molecular weight excluding hydrogens is 234 g/mol. The maximum Gasteiger partial charge on any atom is 0.318 e. The highest BCUT2D eigenvalue weighted by Gasteiger charge is 2.07. The van der Waals surface area contributed by atoms with Gasteiger partial charge in [0.05, 0.1) is 0 Å². The predicted octanol–water partition coefficient (Wildman–Crippen LogP) is 0.370. The molecular formula is C12H17N3O3. The van der Waals surface area contributed by atoms with Crippen LogP contribution in [0.2, 0.25) is 0 Å². The Hall–Kier alpha value is -2.08. The van der Waals surface area contributed by atoms with Gasteiger partial charge in [-0.3, -0.25) is 10.1 Å². The van der Waals surface area contributed by atoms with Crippen LogP contribution in [0, 0.1) is 0 Å². The van der Waals surface area contributed by atoms with Gasteiger partial charge in [-0.15, -0.1) is 0 Å². The van der Waals surface area contributed by atoms with E-state index in [0.717, 1.165) is 12.1 Å². The van der Waals surface area contributed by atoms with Gasteiger partial charge in [0, 0.05) is 12.1 Å². The number of rotatable bonds is 6. The fraction of sp³-hybridized carbons (Fsp3) is 0.333. The lowest BCUT2D eigenvalue weighted by Crippen LogP contribution is -2.38. The molecule has 6 heteroatoms. The standard InChI is InChI=1S/C12H17N3O3/c1-2-14-7-9-5-3-4-6-10(9)18-8-11(16)15-12(13)17/h3-6,14H,2,7-8H2,1H3,(H3,13,15,16,17). The number of benzene rings is 1. The highest BCUT2D eigenvalue weighted by Crippen LogP contribution is 2.17. The quantitative estimate of drug-likeness (QED) is 0.681. The number of ether oxygens (including phenoxy) is 1. The summed E-state index contributed by atoms with van der Waals surface area (Å²) in [6, 6.07) is 6.50. The molecule has 6 nitrogen and oxygen atoms in total. The minimum atomic E-state index is -0.885. The van der Waals surface area contributed by atoms with E-state index in [0.29, 0.717) is 12.3 Å². The molecule has 0 unspecified atom stereocenters. The molecule has 3 amide bonds. The molecule has 0 aliphatic rings. The molecule has 0 aliphatic heterocycles. The summed E-state index contributed by atoms with van der Waals surface area (Å²) in [6.45, 7) is 3.26. The third kappa shape index (κ3) is 4.84. The summed E-state index contributed by atoms with van der Waals surface area (Å²) in [4.78, 5) is 21.7. The van der Waals surface area contributed by atoms with Crippen molar-refractivity contribution >= 4 is 11.9 Å². The molecule has 0 atom stereocenters. The lowest BCUT2D eigenvalue weighted by Gasteiger charge is -2.11. The lowest BCUT2D eigenvalue weighted by molar-refractivity contribution is -0.121. The molecule has 0 bridgehead atoms. The Labute approximate surface area is 105 Å². The third-order valence-corrected chi connectivity index (χ3v) is 2.16. The van der Waals surface area contributed by atoms with Gasteiger partial charge in [-0.1, -0.05) is 25.1 Å². The monoisotopic (exact) mass is 251 g/mol. The second kappa shape index (κ2) is 7.29. The molecule has 0 saturated carbocycles. The molecule has 4 N–H and O–H groups in total. The summed E-state index contributed by atoms with van der Waals surface area (Å²) in [7, 11) is 0. The van der Waals surface area contributed by atoms with Crippen molar-refractivity contribution in [2.45, 2.75) is 13.5 Å². The number of nitrogens with two attached hydrogens (primary N) is 1. The molecule has 0 aromatic heterocycles. The van der Waals surface area contributed by atoms with Crippen molar-refractivity contribution in [2.75, 3.05) is 13.2 Å². The zero-order valence-corrected chi connectivity index (χ0v) is 10.2. The van der Waals surface area contributed by atoms with Crippen LogP contribution < -0.4 is 21.1 Å². The third-order valence-electron chi connectivity index (χ3n) is 2.16. The number of urea groups is 1. The van der Waals surface area contributed by atoms with Gasteiger partial charge in [-0.25, -0.2) is 4.79 Å². The van der Waals surface area contributed by atoms with Crippen molar-refractivity contribution in [1.82, 2.24) is 10.6 Å². The van der Waals surface area contributed by atoms with Crippen molar-refractivity contribution in [1.29, 1.82) is 0 Å². The first-order valence-electron chi connectivity index (χ1n) is 5.64. The summed E-state index contributed by atoms with van der Waals surface area (Å²) in [5, 5.41) is 5.11. The number of carbonyl (C=O) groups excluding carboxylic acids is 2. The normalized spacial score (nSPS) is 9.83. The highest BCUT2D eigenvalue weighted by molar-refractivity contribution is 5.94. The van der Waals surface area contributed by atoms with Crippen LogP contribution in [0.1, 0.15) is 12.5 Å². The van der Waals surface area contributed by atoms with E-state index in [9.17, 15) is 9.59 Å². The lowest BCUT2D eigenvalue weighted by atomic mass is 10.2. The number of imide groups is 1. The van der Waals surface area contributed by atoms with Gasteiger partial charge in [-0.2, -0.15) is 0 Å². The summed E-state index contributed by atoms with van der Waals surface area (Å²) in [5.74, 6) is 0.0406. The van der Waals surface area contributed by atoms with Gasteiger partial charge in [-0.05, 0) is 12.6 Å². The maximum atomic E-state index is 11.2. The largest absolute Gasteiger partial charge is 0.483 e. The van der Waals surface area contributed by atoms with E-state index >= 15 is 0 Å². The number of hydrogen-bond acceptors (Lipinski definition) is 4. The SMILES string of the molecule is CCNCc1ccccc1OCC(=O)NC(N)=O. The van der Waals surface area contributed by atoms with Crippen LogP contribution in [0.25, 0.3) is 0 Å². The molecule has 0 heterocycles. The summed E-state index contributed by atoms with van der Waals surface area (Å²) >= 11 is 0. The van der Waals surface area contributed by atoms with Gasteiger partial charge in [0.1, 0.15) is 5.75 Å². The van der Waals surface area contributed by atoms with Crippen molar-refractivity contribution in [2.24, 2.45) is 5.73 Å². The van der Waals surface area contributed by atoms with Crippen LogP contribution in [-0.2, 0) is 11.3 Å². The molecule has 18 heavy (non-hydrogen) atoms. The van der Waals surface area contributed by atoms with Crippen molar-refractivity contribution in [3.05, 3.63) is 29.8 Å². The van der Waals surface area contributed by atoms with E-state index < -0.39 is 11.9 Å². The topological polar surface area (TPSA) is 93.4 Å². The Morgan fingerprint density at radius 3 is 2.72 bits per heavy atom. The number of amides is 3. The maximum absolute atomic E-state index is 11.2. The van der Waals surface area contributed by atoms with Gasteiger partial charge < -0.3 is 15.8 Å². The van der Waals surface area contributed by atoms with Crippen LogP contribution in [0.15, 0.2) is 24.3 Å². The molecule has 98 valence electrons. The Morgan fingerprint density at radius 2 is 2.06 bits per heavy atom. The van der Waals surface area contributed by atoms with E-state index in [1.165, 1.54) is 0 Å². The highest BCUT2D eigenvalue weighted by atomic mass is 16.5. The molecule has 1 rings (SSSR count). The number of nitrogens with one attached hydrogen (secondary N) is 2. The van der Waals surface area contributed by atoms with Gasteiger partial charge in [0.15, 0.2) is 6.61 Å². The van der Waals surface area contributed by atoms with Crippen LogP contribution in [0.4, 0.5) is 4.79 Å². The summed E-state index contributed by atoms with van der Waals surface area (Å²) < 4.78 is 5.34. The molecule has 1 aromatic rings. The predicted molar refractivity (Wildman–Crippen MR) is 67.0 cm³/mol. The van der Waals surface area contributed by atoms with Gasteiger partial charge >= 0.3 is 6.03 Å². The fourth-order valence-corrected chi connectivity index (χ4v) is 1.37. The molecule has 1 aromatic carbocycles. The van der Waals surface area contributed by atoms with Crippen molar-refractivity contribution in [3.8, 4) is 5.75 Å². The molecule has 0 spiro atoms. The van der Waals surface area contributed by atoms with Gasteiger partial charge in [0.25, 0.3) is 5.91 Å². The number of primary amides is 1. The number of para-hydroxylation sites is 1. The first kappa shape index (κ1) is 14.0. The summed E-state index contributed by atoms with van der Waals surface area (Å²) in [5.41, 5.74) is 5.77. The number of carbonyl (C=O) groups is 2. The van der Waals surface area contributed by atoms with Crippen LogP contribution in [0.5, 0.6) is 5.75 Å². The van der Waals surface area contributed by atoms with Crippen LogP contribution in [0.3, 0.4) is 0 Å². The minimum absolute atomic E-state index is 0.244. The zero-order valence-electron chi connectivity index (χ0n) is 10.2. The Morgan fingerprint density at radius 1 is 1.33 bits per heavy atom. The Bertz CT molecular complexity index is 421. The Balaban J connectivity index is 2.55. The zero-order chi connectivity index (χ0) is 13.4. The summed E-state index contributed by atoms with van der Waals surface area (Å²) in [6.07, 6.45) is 0. The fourth-order valence-electron chi connectivity index (χ4n) is 1.37. The van der Waals surface area contributed by atoms with Crippen molar-refractivity contribution < 1.29 is 14.3 Å². The average Bonchev–Trinajstić information content (AvgIpc) is 2.34. The van der Waals surface area contributed by atoms with E-state index in [4.69, 9.17) is 10.5 Å². The van der Waals surface area contributed by atoms with E-state index in [1.807, 2.05) is 30.4 Å². The van der Waals surface area contributed by atoms with Crippen LogP contribution >= 0.6 is 0 Å². The molecule has 0 fully saturated rings. The van der Waals surface area contributed by atoms with E-state index in [2.05, 4.69) is 5.32 Å².